The zero-order valence-electron chi connectivity index (χ0n) is 11.1. The summed E-state index contributed by atoms with van der Waals surface area (Å²) in [5.41, 5.74) is 2.53. The van der Waals surface area contributed by atoms with E-state index in [4.69, 9.17) is 11.6 Å². The summed E-state index contributed by atoms with van der Waals surface area (Å²) in [6, 6.07) is 8.02. The normalized spacial score (nSPS) is 12.2. The zero-order valence-corrected chi connectivity index (χ0v) is 11.8. The number of benzene rings is 1. The molecule has 96 valence electrons. The third-order valence-electron chi connectivity index (χ3n) is 3.35. The molecule has 19 heavy (non-hydrogen) atoms. The van der Waals surface area contributed by atoms with Crippen molar-refractivity contribution >= 4 is 33.4 Å². The number of aromatic amines is 1. The molecule has 0 aliphatic heterocycles. The van der Waals surface area contributed by atoms with E-state index in [2.05, 4.69) is 31.8 Å². The smallest absolute Gasteiger partial charge is 0.130 e. The maximum absolute atomic E-state index is 9.50. The van der Waals surface area contributed by atoms with Crippen molar-refractivity contribution < 1.29 is 0 Å². The molecule has 0 spiro atoms. The fourth-order valence-electron chi connectivity index (χ4n) is 2.49. The fourth-order valence-corrected chi connectivity index (χ4v) is 2.66. The summed E-state index contributed by atoms with van der Waals surface area (Å²) >= 11 is 6.06. The van der Waals surface area contributed by atoms with Gasteiger partial charge in [0.15, 0.2) is 0 Å². The van der Waals surface area contributed by atoms with Gasteiger partial charge in [0.25, 0.3) is 0 Å². The van der Waals surface area contributed by atoms with Crippen LogP contribution in [0.15, 0.2) is 24.4 Å². The van der Waals surface area contributed by atoms with Crippen molar-refractivity contribution in [1.29, 1.82) is 5.26 Å². The average Bonchev–Trinajstić information content (AvgIpc) is 2.83. The fraction of sp³-hybridized carbons (Fsp3) is 0.267. The van der Waals surface area contributed by atoms with Gasteiger partial charge in [-0.2, -0.15) is 5.26 Å². The second kappa shape index (κ2) is 3.79. The highest BCUT2D eigenvalue weighted by Gasteiger charge is 2.21. The molecule has 0 saturated carbocycles. The molecule has 0 aliphatic carbocycles. The quantitative estimate of drug-likeness (QED) is 0.647. The number of nitriles is 1. The molecule has 3 aromatic rings. The predicted octanol–water partition coefficient (Wildman–Crippen LogP) is 4.40. The number of aromatic nitrogens is 2. The number of rotatable bonds is 0. The van der Waals surface area contributed by atoms with Crippen molar-refractivity contribution in [3.05, 3.63) is 35.1 Å². The van der Waals surface area contributed by atoms with Gasteiger partial charge in [0.1, 0.15) is 11.8 Å². The molecule has 0 amide bonds. The van der Waals surface area contributed by atoms with E-state index in [1.54, 1.807) is 0 Å². The van der Waals surface area contributed by atoms with E-state index in [1.807, 2.05) is 29.0 Å². The van der Waals surface area contributed by atoms with Gasteiger partial charge in [0.2, 0.25) is 0 Å². The highest BCUT2D eigenvalue weighted by molar-refractivity contribution is 6.32. The van der Waals surface area contributed by atoms with E-state index in [-0.39, 0.29) is 5.54 Å². The number of nitrogens with one attached hydrogen (secondary N) is 1. The minimum absolute atomic E-state index is 0.129. The van der Waals surface area contributed by atoms with Gasteiger partial charge in [0, 0.05) is 33.0 Å². The molecule has 4 heteroatoms. The van der Waals surface area contributed by atoms with E-state index in [9.17, 15) is 5.26 Å². The molecule has 0 aliphatic rings. The molecule has 1 aromatic carbocycles. The summed E-state index contributed by atoms with van der Waals surface area (Å²) < 4.78 is 2.01. The third kappa shape index (κ3) is 1.72. The van der Waals surface area contributed by atoms with Crippen molar-refractivity contribution in [3.8, 4) is 6.07 Å². The summed E-state index contributed by atoms with van der Waals surface area (Å²) in [4.78, 5) is 3.34. The number of hydrogen-bond acceptors (Lipinski definition) is 1. The number of halogens is 1. The van der Waals surface area contributed by atoms with Crippen LogP contribution in [-0.2, 0) is 5.54 Å². The molecule has 2 heterocycles. The molecule has 0 unspecified atom stereocenters. The minimum atomic E-state index is -0.129. The number of H-pyrrole nitrogens is 1. The second-order valence-electron chi connectivity index (χ2n) is 5.73. The van der Waals surface area contributed by atoms with Gasteiger partial charge in [0.05, 0.1) is 5.52 Å². The number of nitrogens with zero attached hydrogens (tertiary/aromatic N) is 2. The van der Waals surface area contributed by atoms with Gasteiger partial charge < -0.3 is 9.55 Å². The Balaban J connectivity index is 2.48. The molecule has 0 radical (unpaired) electrons. The molecular weight excluding hydrogens is 258 g/mol. The maximum atomic E-state index is 9.50. The molecule has 2 aromatic heterocycles. The van der Waals surface area contributed by atoms with E-state index >= 15 is 0 Å². The first-order valence-electron chi connectivity index (χ1n) is 6.14. The molecule has 0 bridgehead atoms. The lowest BCUT2D eigenvalue weighted by Crippen LogP contribution is -2.22. The molecule has 3 rings (SSSR count). The first-order chi connectivity index (χ1) is 8.91. The lowest BCUT2D eigenvalue weighted by Gasteiger charge is -2.22. The Labute approximate surface area is 116 Å². The van der Waals surface area contributed by atoms with Crippen LogP contribution in [0.2, 0.25) is 5.02 Å². The standard InChI is InChI=1S/C15H14ClN3/c1-15(2,3)19-8-12-14(13(19)7-17)10-6-9(16)4-5-11(10)18-12/h4-6,8,18H,1-3H3. The van der Waals surface area contributed by atoms with E-state index < -0.39 is 0 Å². The summed E-state index contributed by atoms with van der Waals surface area (Å²) in [6.07, 6.45) is 2.00. The van der Waals surface area contributed by atoms with Crippen LogP contribution in [0.3, 0.4) is 0 Å². The highest BCUT2D eigenvalue weighted by Crippen LogP contribution is 2.33. The number of fused-ring (bicyclic) bond motifs is 3. The molecular formula is C15H14ClN3. The van der Waals surface area contributed by atoms with Crippen LogP contribution in [0.4, 0.5) is 0 Å². The van der Waals surface area contributed by atoms with Crippen molar-refractivity contribution in [2.24, 2.45) is 0 Å². The largest absolute Gasteiger partial charge is 0.353 e. The van der Waals surface area contributed by atoms with Crippen LogP contribution in [0, 0.1) is 11.3 Å². The lowest BCUT2D eigenvalue weighted by atomic mass is 10.1. The van der Waals surface area contributed by atoms with Crippen LogP contribution in [-0.4, -0.2) is 9.55 Å². The lowest BCUT2D eigenvalue weighted by molar-refractivity contribution is 0.396. The summed E-state index contributed by atoms with van der Waals surface area (Å²) in [5.74, 6) is 0. The first-order valence-corrected chi connectivity index (χ1v) is 6.52. The van der Waals surface area contributed by atoms with Gasteiger partial charge >= 0.3 is 0 Å². The Kier molecular flexibility index (Phi) is 2.42. The number of hydrogen-bond donors (Lipinski definition) is 1. The summed E-state index contributed by atoms with van der Waals surface area (Å²) in [6.45, 7) is 6.26. The van der Waals surface area contributed by atoms with Crippen molar-refractivity contribution in [1.82, 2.24) is 9.55 Å². The Morgan fingerprint density at radius 2 is 2.00 bits per heavy atom. The second-order valence-corrected chi connectivity index (χ2v) is 6.17. The van der Waals surface area contributed by atoms with E-state index in [0.29, 0.717) is 10.7 Å². The zero-order chi connectivity index (χ0) is 13.8. The van der Waals surface area contributed by atoms with Crippen LogP contribution in [0.1, 0.15) is 26.5 Å². The first kappa shape index (κ1) is 12.1. The van der Waals surface area contributed by atoms with E-state index in [1.165, 1.54) is 0 Å². The Morgan fingerprint density at radius 3 is 2.63 bits per heavy atom. The minimum Gasteiger partial charge on any atom is -0.353 e. The monoisotopic (exact) mass is 271 g/mol. The van der Waals surface area contributed by atoms with Crippen LogP contribution in [0.25, 0.3) is 21.8 Å². The maximum Gasteiger partial charge on any atom is 0.130 e. The van der Waals surface area contributed by atoms with Crippen LogP contribution < -0.4 is 0 Å². The topological polar surface area (TPSA) is 44.5 Å². The molecule has 0 saturated heterocycles. The van der Waals surface area contributed by atoms with Gasteiger partial charge in [-0.1, -0.05) is 11.6 Å². The van der Waals surface area contributed by atoms with E-state index in [0.717, 1.165) is 21.8 Å². The van der Waals surface area contributed by atoms with Crippen molar-refractivity contribution in [2.45, 2.75) is 26.3 Å². The molecule has 0 fully saturated rings. The van der Waals surface area contributed by atoms with Gasteiger partial charge in [-0.15, -0.1) is 0 Å². The van der Waals surface area contributed by atoms with Gasteiger partial charge in [-0.3, -0.25) is 0 Å². The van der Waals surface area contributed by atoms with Crippen LogP contribution in [0.5, 0.6) is 0 Å². The van der Waals surface area contributed by atoms with Crippen molar-refractivity contribution in [2.75, 3.05) is 0 Å². The Morgan fingerprint density at radius 1 is 1.26 bits per heavy atom. The molecule has 3 nitrogen and oxygen atoms in total. The van der Waals surface area contributed by atoms with Crippen molar-refractivity contribution in [3.63, 3.8) is 0 Å². The Hall–Kier alpha value is -1.92. The summed E-state index contributed by atoms with van der Waals surface area (Å²) in [7, 11) is 0. The van der Waals surface area contributed by atoms with Gasteiger partial charge in [-0.25, -0.2) is 0 Å². The third-order valence-corrected chi connectivity index (χ3v) is 3.59. The highest BCUT2D eigenvalue weighted by atomic mass is 35.5. The van der Waals surface area contributed by atoms with Crippen LogP contribution >= 0.6 is 11.6 Å². The summed E-state index contributed by atoms with van der Waals surface area (Å²) in [5, 5.41) is 12.1. The predicted molar refractivity (Wildman–Crippen MR) is 78.5 cm³/mol. The molecule has 0 atom stereocenters. The SMILES string of the molecule is CC(C)(C)n1cc2[nH]c3ccc(Cl)cc3c2c1C#N. The average molecular weight is 272 g/mol. The Bertz CT molecular complexity index is 825. The van der Waals surface area contributed by atoms with Gasteiger partial charge in [-0.05, 0) is 39.0 Å². The molecule has 1 N–H and O–H groups in total.